The predicted molar refractivity (Wildman–Crippen MR) is 120 cm³/mol. The number of aliphatic hydroxyl groups is 1. The minimum Gasteiger partial charge on any atom is -0.508 e. The number of carbonyl (C=O) groups excluding carboxylic acids is 1. The van der Waals surface area contributed by atoms with Crippen LogP contribution in [0.25, 0.3) is 0 Å². The van der Waals surface area contributed by atoms with Crippen LogP contribution in [0.2, 0.25) is 0 Å². The molecular formula is C24H40O3S. The molecule has 2 unspecified atom stereocenters. The SMILES string of the molecule is COC(=O)CS[C@@H]1CCCCC1CC1C=C(C(C)(C)C)C(O)=C(C(C)(C)C)C1. The maximum Gasteiger partial charge on any atom is 0.315 e. The van der Waals surface area contributed by atoms with Crippen LogP contribution >= 0.6 is 11.8 Å². The lowest BCUT2D eigenvalue weighted by molar-refractivity contribution is -0.137. The third kappa shape index (κ3) is 6.05. The molecule has 1 N–H and O–H groups in total. The molecule has 3 atom stereocenters. The van der Waals surface area contributed by atoms with Gasteiger partial charge >= 0.3 is 5.97 Å². The summed E-state index contributed by atoms with van der Waals surface area (Å²) in [7, 11) is 1.47. The van der Waals surface area contributed by atoms with Crippen molar-refractivity contribution in [1.29, 1.82) is 0 Å². The highest BCUT2D eigenvalue weighted by Gasteiger charge is 2.36. The van der Waals surface area contributed by atoms with Gasteiger partial charge in [-0.25, -0.2) is 0 Å². The first-order valence-corrected chi connectivity index (χ1v) is 11.8. The maximum absolute atomic E-state index is 11.6. The van der Waals surface area contributed by atoms with Crippen LogP contribution in [-0.2, 0) is 9.53 Å². The van der Waals surface area contributed by atoms with Crippen molar-refractivity contribution in [2.45, 2.75) is 85.3 Å². The minimum atomic E-state index is -0.121. The Hall–Kier alpha value is -0.900. The zero-order chi connectivity index (χ0) is 21.1. The third-order valence-electron chi connectivity index (χ3n) is 6.21. The molecule has 0 radical (unpaired) electrons. The molecular weight excluding hydrogens is 368 g/mol. The molecule has 0 spiro atoms. The van der Waals surface area contributed by atoms with Crippen LogP contribution in [0.15, 0.2) is 23.0 Å². The topological polar surface area (TPSA) is 46.5 Å². The smallest absolute Gasteiger partial charge is 0.315 e. The van der Waals surface area contributed by atoms with Crippen molar-refractivity contribution in [1.82, 2.24) is 0 Å². The first-order chi connectivity index (χ1) is 12.9. The lowest BCUT2D eigenvalue weighted by Crippen LogP contribution is -2.29. The van der Waals surface area contributed by atoms with Crippen LogP contribution in [0.1, 0.15) is 80.1 Å². The molecule has 160 valence electrons. The monoisotopic (exact) mass is 408 g/mol. The molecule has 1 fully saturated rings. The average molecular weight is 409 g/mol. The van der Waals surface area contributed by atoms with E-state index in [1.165, 1.54) is 38.4 Å². The summed E-state index contributed by atoms with van der Waals surface area (Å²) in [6.45, 7) is 13.2. The van der Waals surface area contributed by atoms with E-state index in [0.29, 0.717) is 28.6 Å². The largest absolute Gasteiger partial charge is 0.508 e. The molecule has 0 amide bonds. The number of carbonyl (C=O) groups is 1. The molecule has 0 heterocycles. The number of ether oxygens (including phenoxy) is 1. The Kier molecular flexibility index (Phi) is 7.75. The Morgan fingerprint density at radius 1 is 1.14 bits per heavy atom. The number of rotatable bonds is 5. The second kappa shape index (κ2) is 9.28. The number of methoxy groups -OCH3 is 1. The average Bonchev–Trinajstić information content (AvgIpc) is 2.60. The summed E-state index contributed by atoms with van der Waals surface area (Å²) in [6.07, 6.45) is 9.43. The van der Waals surface area contributed by atoms with Gasteiger partial charge in [-0.15, -0.1) is 11.8 Å². The van der Waals surface area contributed by atoms with Crippen LogP contribution in [0.3, 0.4) is 0 Å². The van der Waals surface area contributed by atoms with Gasteiger partial charge in [0.2, 0.25) is 0 Å². The Labute approximate surface area is 176 Å². The molecule has 2 rings (SSSR count). The van der Waals surface area contributed by atoms with E-state index in [0.717, 1.165) is 18.4 Å². The van der Waals surface area contributed by atoms with E-state index < -0.39 is 0 Å². The molecule has 2 aliphatic carbocycles. The van der Waals surface area contributed by atoms with Crippen molar-refractivity contribution in [2.75, 3.05) is 12.9 Å². The number of allylic oxidation sites excluding steroid dienone is 3. The summed E-state index contributed by atoms with van der Waals surface area (Å²) in [4.78, 5) is 11.6. The Morgan fingerprint density at radius 3 is 2.36 bits per heavy atom. The van der Waals surface area contributed by atoms with Crippen LogP contribution in [0, 0.1) is 22.7 Å². The predicted octanol–water partition coefficient (Wildman–Crippen LogP) is 6.69. The third-order valence-corrected chi connectivity index (χ3v) is 7.66. The summed E-state index contributed by atoms with van der Waals surface area (Å²) in [5.41, 5.74) is 2.20. The molecule has 3 nitrogen and oxygen atoms in total. The van der Waals surface area contributed by atoms with Gasteiger partial charge in [-0.2, -0.15) is 0 Å². The quantitative estimate of drug-likeness (QED) is 0.515. The molecule has 28 heavy (non-hydrogen) atoms. The van der Waals surface area contributed by atoms with Gasteiger partial charge in [0, 0.05) is 5.25 Å². The van der Waals surface area contributed by atoms with Gasteiger partial charge in [-0.3, -0.25) is 4.79 Å². The summed E-state index contributed by atoms with van der Waals surface area (Å²) in [5.74, 6) is 1.96. The van der Waals surface area contributed by atoms with Gasteiger partial charge in [0.15, 0.2) is 0 Å². The summed E-state index contributed by atoms with van der Waals surface area (Å²) in [6, 6.07) is 0. The number of aliphatic hydroxyl groups excluding tert-OH is 1. The fourth-order valence-corrected chi connectivity index (χ4v) is 5.92. The molecule has 2 aliphatic rings. The zero-order valence-electron chi connectivity index (χ0n) is 18.9. The highest BCUT2D eigenvalue weighted by molar-refractivity contribution is 8.00. The second-order valence-corrected chi connectivity index (χ2v) is 11.8. The van der Waals surface area contributed by atoms with Crippen LogP contribution in [0.4, 0.5) is 0 Å². The van der Waals surface area contributed by atoms with E-state index >= 15 is 0 Å². The van der Waals surface area contributed by atoms with E-state index in [-0.39, 0.29) is 16.8 Å². The van der Waals surface area contributed by atoms with Crippen molar-refractivity contribution in [2.24, 2.45) is 22.7 Å². The van der Waals surface area contributed by atoms with Crippen LogP contribution in [0.5, 0.6) is 0 Å². The molecule has 0 aromatic carbocycles. The van der Waals surface area contributed by atoms with Gasteiger partial charge in [-0.1, -0.05) is 60.5 Å². The summed E-state index contributed by atoms with van der Waals surface area (Å²) >= 11 is 1.78. The molecule has 1 saturated carbocycles. The normalized spacial score (nSPS) is 26.8. The molecule has 4 heteroatoms. The number of thioether (sulfide) groups is 1. The van der Waals surface area contributed by atoms with Gasteiger partial charge < -0.3 is 9.84 Å². The van der Waals surface area contributed by atoms with Gasteiger partial charge in [-0.05, 0) is 59.5 Å². The summed E-state index contributed by atoms with van der Waals surface area (Å²) in [5, 5.41) is 11.5. The Balaban J connectivity index is 2.19. The molecule has 0 aliphatic heterocycles. The van der Waals surface area contributed by atoms with Crippen molar-refractivity contribution in [3.8, 4) is 0 Å². The Bertz CT molecular complexity index is 619. The van der Waals surface area contributed by atoms with Crippen LogP contribution < -0.4 is 0 Å². The number of hydrogen-bond donors (Lipinski definition) is 1. The van der Waals surface area contributed by atoms with E-state index in [1.54, 1.807) is 11.8 Å². The van der Waals surface area contributed by atoms with E-state index in [4.69, 9.17) is 4.74 Å². The fourth-order valence-electron chi connectivity index (χ4n) is 4.60. The molecule has 0 aromatic rings. The van der Waals surface area contributed by atoms with E-state index in [2.05, 4.69) is 47.6 Å². The minimum absolute atomic E-state index is 0.0291. The van der Waals surface area contributed by atoms with Crippen molar-refractivity contribution in [3.05, 3.63) is 23.0 Å². The fraction of sp³-hybridized carbons (Fsp3) is 0.792. The van der Waals surface area contributed by atoms with Crippen molar-refractivity contribution < 1.29 is 14.6 Å². The van der Waals surface area contributed by atoms with Crippen molar-refractivity contribution >= 4 is 17.7 Å². The molecule has 0 aromatic heterocycles. The van der Waals surface area contributed by atoms with E-state index in [1.807, 2.05) is 0 Å². The number of hydrogen-bond acceptors (Lipinski definition) is 4. The first kappa shape index (κ1) is 23.4. The Morgan fingerprint density at radius 2 is 1.79 bits per heavy atom. The van der Waals surface area contributed by atoms with E-state index in [9.17, 15) is 9.90 Å². The lowest BCUT2D eigenvalue weighted by atomic mass is 9.69. The highest BCUT2D eigenvalue weighted by Crippen LogP contribution is 2.47. The lowest BCUT2D eigenvalue weighted by Gasteiger charge is -2.38. The molecule has 0 bridgehead atoms. The van der Waals surface area contributed by atoms with Gasteiger partial charge in [0.05, 0.1) is 12.9 Å². The number of esters is 1. The second-order valence-electron chi connectivity index (χ2n) is 10.6. The van der Waals surface area contributed by atoms with Crippen molar-refractivity contribution in [3.63, 3.8) is 0 Å². The first-order valence-electron chi connectivity index (χ1n) is 10.8. The van der Waals surface area contributed by atoms with Gasteiger partial charge in [0.1, 0.15) is 5.76 Å². The summed E-state index contributed by atoms with van der Waals surface area (Å²) < 4.78 is 4.84. The highest BCUT2D eigenvalue weighted by atomic mass is 32.2. The maximum atomic E-state index is 11.6. The van der Waals surface area contributed by atoms with Crippen LogP contribution in [-0.4, -0.2) is 29.2 Å². The standard InChI is InChI=1S/C24H40O3S/c1-23(2,3)18-13-16(14-19(22(18)26)24(4,5)6)12-17-10-8-9-11-20(17)28-15-21(25)27-7/h13,16-17,20,26H,8-12,14-15H2,1-7H3/t16?,17?,20-/m1/s1. The molecule has 0 saturated heterocycles. The zero-order valence-corrected chi connectivity index (χ0v) is 19.7. The van der Waals surface area contributed by atoms with Gasteiger partial charge in [0.25, 0.3) is 0 Å².